The maximum atomic E-state index is 3.87. The van der Waals surface area contributed by atoms with Crippen molar-refractivity contribution in [2.24, 2.45) is 5.92 Å². The minimum Gasteiger partial charge on any atom is -0.311 e. The van der Waals surface area contributed by atoms with Gasteiger partial charge in [-0.3, -0.25) is 4.90 Å². The van der Waals surface area contributed by atoms with Gasteiger partial charge in [-0.15, -0.1) is 0 Å². The highest BCUT2D eigenvalue weighted by Crippen LogP contribution is 2.27. The minimum absolute atomic E-state index is 0.349. The Bertz CT molecular complexity index is 238. The van der Waals surface area contributed by atoms with E-state index >= 15 is 0 Å². The molecule has 1 heterocycles. The van der Waals surface area contributed by atoms with Gasteiger partial charge in [0.05, 0.1) is 0 Å². The number of likely N-dealkylation sites (tertiary alicyclic amines) is 1. The summed E-state index contributed by atoms with van der Waals surface area (Å²) in [7, 11) is 0. The van der Waals surface area contributed by atoms with Gasteiger partial charge in [-0.25, -0.2) is 0 Å². The van der Waals surface area contributed by atoms with Crippen LogP contribution in [0.3, 0.4) is 0 Å². The van der Waals surface area contributed by atoms with Gasteiger partial charge in [-0.05, 0) is 59.4 Å². The molecule has 2 heteroatoms. The van der Waals surface area contributed by atoms with E-state index in [0.29, 0.717) is 11.6 Å². The minimum atomic E-state index is 0.349. The second-order valence-electron chi connectivity index (χ2n) is 7.10. The Hall–Kier alpha value is -0.0800. The van der Waals surface area contributed by atoms with Crippen LogP contribution in [0.15, 0.2) is 0 Å². The lowest BCUT2D eigenvalue weighted by Gasteiger charge is -2.32. The average molecular weight is 238 g/mol. The number of hydrogen-bond acceptors (Lipinski definition) is 2. The summed E-state index contributed by atoms with van der Waals surface area (Å²) in [4.78, 5) is 2.64. The Morgan fingerprint density at radius 1 is 1.12 bits per heavy atom. The molecule has 0 aromatic heterocycles. The first kappa shape index (κ1) is 13.4. The summed E-state index contributed by atoms with van der Waals surface area (Å²) in [5, 5.41) is 3.87. The molecule has 0 spiro atoms. The fourth-order valence-electron chi connectivity index (χ4n) is 3.41. The molecule has 1 N–H and O–H groups in total. The van der Waals surface area contributed by atoms with Crippen molar-refractivity contribution in [1.82, 2.24) is 10.2 Å². The van der Waals surface area contributed by atoms with Gasteiger partial charge in [-0.2, -0.15) is 0 Å². The van der Waals surface area contributed by atoms with E-state index < -0.39 is 0 Å². The summed E-state index contributed by atoms with van der Waals surface area (Å²) in [5.74, 6) is 0.856. The van der Waals surface area contributed by atoms with E-state index in [2.05, 4.69) is 37.9 Å². The molecular weight excluding hydrogens is 208 g/mol. The van der Waals surface area contributed by atoms with Crippen LogP contribution in [0, 0.1) is 5.92 Å². The van der Waals surface area contributed by atoms with Crippen molar-refractivity contribution in [2.45, 2.75) is 77.4 Å². The Labute approximate surface area is 107 Å². The van der Waals surface area contributed by atoms with Crippen molar-refractivity contribution in [1.29, 1.82) is 0 Å². The Kier molecular flexibility index (Phi) is 4.14. The average Bonchev–Trinajstić information content (AvgIpc) is 2.85. The van der Waals surface area contributed by atoms with E-state index in [9.17, 15) is 0 Å². The lowest BCUT2D eigenvalue weighted by Crippen LogP contribution is -2.43. The molecule has 1 saturated carbocycles. The molecule has 2 nitrogen and oxygen atoms in total. The van der Waals surface area contributed by atoms with Gasteiger partial charge in [0.25, 0.3) is 0 Å². The standard InChI is InChI=1S/C15H30N2/c1-12(16-14-7-5-6-8-14)13-9-10-17(11-13)15(2,3)4/h12-14,16H,5-11H2,1-4H3. The third-order valence-corrected chi connectivity index (χ3v) is 4.73. The molecule has 0 bridgehead atoms. The molecule has 2 rings (SSSR count). The zero-order chi connectivity index (χ0) is 12.5. The maximum absolute atomic E-state index is 3.87. The van der Waals surface area contributed by atoms with E-state index in [1.807, 2.05) is 0 Å². The van der Waals surface area contributed by atoms with Crippen LogP contribution in [0.4, 0.5) is 0 Å². The van der Waals surface area contributed by atoms with Gasteiger partial charge in [0, 0.05) is 24.2 Å². The Balaban J connectivity index is 1.79. The summed E-state index contributed by atoms with van der Waals surface area (Å²) in [6, 6.07) is 1.51. The molecule has 17 heavy (non-hydrogen) atoms. The van der Waals surface area contributed by atoms with Gasteiger partial charge >= 0.3 is 0 Å². The topological polar surface area (TPSA) is 15.3 Å². The predicted molar refractivity (Wildman–Crippen MR) is 74.3 cm³/mol. The highest BCUT2D eigenvalue weighted by Gasteiger charge is 2.33. The zero-order valence-corrected chi connectivity index (χ0v) is 12.1. The number of nitrogens with zero attached hydrogens (tertiary/aromatic N) is 1. The number of rotatable bonds is 3. The molecule has 2 fully saturated rings. The quantitative estimate of drug-likeness (QED) is 0.813. The van der Waals surface area contributed by atoms with Gasteiger partial charge in [0.15, 0.2) is 0 Å². The molecule has 100 valence electrons. The number of nitrogens with one attached hydrogen (secondary N) is 1. The van der Waals surface area contributed by atoms with Gasteiger partial charge in [0.2, 0.25) is 0 Å². The van der Waals surface area contributed by atoms with Gasteiger partial charge < -0.3 is 5.32 Å². The first-order valence-electron chi connectivity index (χ1n) is 7.48. The van der Waals surface area contributed by atoms with Crippen LogP contribution in [-0.2, 0) is 0 Å². The van der Waals surface area contributed by atoms with Crippen molar-refractivity contribution in [3.05, 3.63) is 0 Å². The predicted octanol–water partition coefficient (Wildman–Crippen LogP) is 3.03. The zero-order valence-electron chi connectivity index (χ0n) is 12.1. The first-order chi connectivity index (χ1) is 7.97. The van der Waals surface area contributed by atoms with Gasteiger partial charge in [0.1, 0.15) is 0 Å². The highest BCUT2D eigenvalue weighted by molar-refractivity contribution is 4.90. The van der Waals surface area contributed by atoms with Crippen LogP contribution in [-0.4, -0.2) is 35.6 Å². The third kappa shape index (κ3) is 3.45. The summed E-state index contributed by atoms with van der Waals surface area (Å²) in [5.41, 5.74) is 0.349. The molecule has 0 radical (unpaired) electrons. The molecule has 2 unspecified atom stereocenters. The molecule has 2 aliphatic rings. The molecule has 0 aromatic carbocycles. The van der Waals surface area contributed by atoms with Crippen molar-refractivity contribution in [2.75, 3.05) is 13.1 Å². The van der Waals surface area contributed by atoms with Crippen molar-refractivity contribution in [3.8, 4) is 0 Å². The summed E-state index contributed by atoms with van der Waals surface area (Å²) in [6.07, 6.45) is 7.05. The SMILES string of the molecule is CC(NC1CCCC1)C1CCN(C(C)(C)C)C1. The normalized spacial score (nSPS) is 30.0. The van der Waals surface area contributed by atoms with Crippen LogP contribution in [0.1, 0.15) is 59.8 Å². The lowest BCUT2D eigenvalue weighted by atomic mass is 9.99. The highest BCUT2D eigenvalue weighted by atomic mass is 15.2. The molecule has 0 aromatic rings. The Morgan fingerprint density at radius 2 is 1.76 bits per heavy atom. The molecule has 1 aliphatic carbocycles. The van der Waals surface area contributed by atoms with Crippen molar-refractivity contribution < 1.29 is 0 Å². The van der Waals surface area contributed by atoms with E-state index in [1.54, 1.807) is 0 Å². The van der Waals surface area contributed by atoms with Crippen LogP contribution < -0.4 is 5.32 Å². The monoisotopic (exact) mass is 238 g/mol. The first-order valence-corrected chi connectivity index (χ1v) is 7.48. The molecule has 1 saturated heterocycles. The number of hydrogen-bond donors (Lipinski definition) is 1. The second-order valence-corrected chi connectivity index (χ2v) is 7.10. The summed E-state index contributed by atoms with van der Waals surface area (Å²) < 4.78 is 0. The van der Waals surface area contributed by atoms with Crippen LogP contribution in [0.25, 0.3) is 0 Å². The van der Waals surface area contributed by atoms with Crippen molar-refractivity contribution >= 4 is 0 Å². The largest absolute Gasteiger partial charge is 0.311 e. The second kappa shape index (κ2) is 5.27. The Morgan fingerprint density at radius 3 is 2.29 bits per heavy atom. The molecule has 2 atom stereocenters. The van der Waals surface area contributed by atoms with Gasteiger partial charge in [-0.1, -0.05) is 12.8 Å². The molecular formula is C15H30N2. The van der Waals surface area contributed by atoms with E-state index in [0.717, 1.165) is 12.0 Å². The summed E-state index contributed by atoms with van der Waals surface area (Å²) in [6.45, 7) is 12.0. The maximum Gasteiger partial charge on any atom is 0.0125 e. The van der Waals surface area contributed by atoms with Crippen LogP contribution >= 0.6 is 0 Å². The molecule has 1 aliphatic heterocycles. The fourth-order valence-corrected chi connectivity index (χ4v) is 3.41. The smallest absolute Gasteiger partial charge is 0.0125 e. The van der Waals surface area contributed by atoms with Crippen LogP contribution in [0.5, 0.6) is 0 Å². The van der Waals surface area contributed by atoms with E-state index in [1.165, 1.54) is 45.2 Å². The third-order valence-electron chi connectivity index (χ3n) is 4.73. The van der Waals surface area contributed by atoms with Crippen molar-refractivity contribution in [3.63, 3.8) is 0 Å². The lowest BCUT2D eigenvalue weighted by molar-refractivity contribution is 0.163. The van der Waals surface area contributed by atoms with Crippen LogP contribution in [0.2, 0.25) is 0 Å². The molecule has 0 amide bonds. The van der Waals surface area contributed by atoms with E-state index in [-0.39, 0.29) is 0 Å². The summed E-state index contributed by atoms with van der Waals surface area (Å²) >= 11 is 0. The van der Waals surface area contributed by atoms with E-state index in [4.69, 9.17) is 0 Å². The fraction of sp³-hybridized carbons (Fsp3) is 1.00.